The number of hydrazine groups is 1. The summed E-state index contributed by atoms with van der Waals surface area (Å²) in [5.41, 5.74) is 7.16. The van der Waals surface area contributed by atoms with Gasteiger partial charge in [0.2, 0.25) is 0 Å². The van der Waals surface area contributed by atoms with E-state index >= 15 is 0 Å². The maximum atomic E-state index is 5.73. The van der Waals surface area contributed by atoms with Gasteiger partial charge in [-0.1, -0.05) is 36.4 Å². The van der Waals surface area contributed by atoms with Crippen molar-refractivity contribution in [1.29, 1.82) is 0 Å². The molecule has 0 saturated heterocycles. The summed E-state index contributed by atoms with van der Waals surface area (Å²) in [5, 5.41) is 0. The molecule has 1 heterocycles. The minimum Gasteiger partial charge on any atom is -0.271 e. The molecule has 2 aromatic carbocycles. The van der Waals surface area contributed by atoms with Crippen molar-refractivity contribution in [1.82, 2.24) is 15.4 Å². The summed E-state index contributed by atoms with van der Waals surface area (Å²) >= 11 is 0. The fourth-order valence-electron chi connectivity index (χ4n) is 2.50. The second kappa shape index (κ2) is 6.43. The molecule has 3 N–H and O–H groups in total. The van der Waals surface area contributed by atoms with E-state index in [2.05, 4.69) is 51.8 Å². The third-order valence-corrected chi connectivity index (χ3v) is 3.66. The Kier molecular flexibility index (Phi) is 4.19. The maximum Gasteiger partial charge on any atom is 0.0890 e. The van der Waals surface area contributed by atoms with Crippen LogP contribution in [0.2, 0.25) is 0 Å². The minimum atomic E-state index is 0.108. The van der Waals surface area contributed by atoms with E-state index in [9.17, 15) is 0 Å². The van der Waals surface area contributed by atoms with E-state index < -0.39 is 0 Å². The average Bonchev–Trinajstić information content (AvgIpc) is 2.56. The molecule has 0 fully saturated rings. The third kappa shape index (κ3) is 3.24. The monoisotopic (exact) mass is 278 g/mol. The Morgan fingerprint density at radius 2 is 1.71 bits per heavy atom. The second-order valence-corrected chi connectivity index (χ2v) is 5.05. The number of rotatable bonds is 5. The second-order valence-electron chi connectivity index (χ2n) is 5.05. The molecule has 0 spiro atoms. The molecule has 3 aromatic rings. The first kappa shape index (κ1) is 13.7. The highest BCUT2D eigenvalue weighted by molar-refractivity contribution is 5.74. The number of nitrogens with two attached hydrogens (primary N) is 1. The van der Waals surface area contributed by atoms with Gasteiger partial charge < -0.3 is 0 Å². The Balaban J connectivity index is 1.78. The van der Waals surface area contributed by atoms with Crippen LogP contribution in [0.5, 0.6) is 0 Å². The predicted molar refractivity (Wildman–Crippen MR) is 84.4 cm³/mol. The van der Waals surface area contributed by atoms with E-state index in [0.29, 0.717) is 0 Å². The number of nitrogens with one attached hydrogen (secondary N) is 1. The number of fused-ring (bicyclic) bond motifs is 1. The van der Waals surface area contributed by atoms with E-state index in [1.165, 1.54) is 5.56 Å². The zero-order valence-electron chi connectivity index (χ0n) is 11.7. The van der Waals surface area contributed by atoms with Gasteiger partial charge in [0.25, 0.3) is 0 Å². The third-order valence-electron chi connectivity index (χ3n) is 3.66. The van der Waals surface area contributed by atoms with Crippen LogP contribution in [0, 0.1) is 0 Å². The SMILES string of the molecule is NNC(CCc1ccccc1)c1ccc2nccnc2c1. The summed E-state index contributed by atoms with van der Waals surface area (Å²) in [6, 6.07) is 16.6. The summed E-state index contributed by atoms with van der Waals surface area (Å²) < 4.78 is 0. The lowest BCUT2D eigenvalue weighted by atomic mass is 9.99. The molecule has 1 atom stereocenters. The number of benzene rings is 2. The van der Waals surface area contributed by atoms with E-state index in [1.54, 1.807) is 12.4 Å². The zero-order chi connectivity index (χ0) is 14.5. The molecule has 1 aromatic heterocycles. The molecule has 0 aliphatic carbocycles. The van der Waals surface area contributed by atoms with Gasteiger partial charge in [0.05, 0.1) is 11.0 Å². The summed E-state index contributed by atoms with van der Waals surface area (Å²) in [4.78, 5) is 8.63. The number of hydrogen-bond acceptors (Lipinski definition) is 4. The van der Waals surface area contributed by atoms with Gasteiger partial charge in [0, 0.05) is 18.4 Å². The van der Waals surface area contributed by atoms with Crippen LogP contribution in [0.1, 0.15) is 23.6 Å². The number of hydrogen-bond donors (Lipinski definition) is 2. The van der Waals surface area contributed by atoms with Crippen LogP contribution in [-0.4, -0.2) is 9.97 Å². The van der Waals surface area contributed by atoms with E-state index in [0.717, 1.165) is 29.4 Å². The largest absolute Gasteiger partial charge is 0.271 e. The van der Waals surface area contributed by atoms with Crippen LogP contribution in [0.4, 0.5) is 0 Å². The van der Waals surface area contributed by atoms with E-state index in [4.69, 9.17) is 5.84 Å². The van der Waals surface area contributed by atoms with Crippen LogP contribution in [-0.2, 0) is 6.42 Å². The van der Waals surface area contributed by atoms with Gasteiger partial charge in [0.1, 0.15) is 0 Å². The topological polar surface area (TPSA) is 63.8 Å². The minimum absolute atomic E-state index is 0.108. The molecule has 0 bridgehead atoms. The highest BCUT2D eigenvalue weighted by Crippen LogP contribution is 2.21. The number of aromatic nitrogens is 2. The van der Waals surface area contributed by atoms with Crippen molar-refractivity contribution in [2.75, 3.05) is 0 Å². The lowest BCUT2D eigenvalue weighted by Crippen LogP contribution is -2.28. The first-order chi connectivity index (χ1) is 10.4. The van der Waals surface area contributed by atoms with Crippen LogP contribution < -0.4 is 11.3 Å². The van der Waals surface area contributed by atoms with Crippen molar-refractivity contribution < 1.29 is 0 Å². The lowest BCUT2D eigenvalue weighted by Gasteiger charge is -2.16. The van der Waals surface area contributed by atoms with Crippen LogP contribution in [0.3, 0.4) is 0 Å². The Morgan fingerprint density at radius 1 is 0.952 bits per heavy atom. The molecule has 106 valence electrons. The Labute approximate surface area is 124 Å². The van der Waals surface area contributed by atoms with Crippen molar-refractivity contribution in [3.05, 3.63) is 72.1 Å². The van der Waals surface area contributed by atoms with Crippen LogP contribution in [0.25, 0.3) is 11.0 Å². The molecule has 0 amide bonds. The van der Waals surface area contributed by atoms with Crippen molar-refractivity contribution in [3.63, 3.8) is 0 Å². The summed E-state index contributed by atoms with van der Waals surface area (Å²) in [7, 11) is 0. The molecule has 0 saturated carbocycles. The summed E-state index contributed by atoms with van der Waals surface area (Å²) in [6.07, 6.45) is 5.33. The first-order valence-corrected chi connectivity index (χ1v) is 7.07. The molecule has 0 aliphatic rings. The molecule has 3 rings (SSSR count). The van der Waals surface area contributed by atoms with Gasteiger partial charge in [0.15, 0.2) is 0 Å². The Hall–Kier alpha value is -2.30. The van der Waals surface area contributed by atoms with Crippen molar-refractivity contribution in [2.45, 2.75) is 18.9 Å². The van der Waals surface area contributed by atoms with Crippen molar-refractivity contribution in [2.24, 2.45) is 5.84 Å². The standard InChI is InChI=1S/C17H18N4/c18-21-15(8-6-13-4-2-1-3-5-13)14-7-9-16-17(12-14)20-11-10-19-16/h1-5,7,9-12,15,21H,6,8,18H2. The predicted octanol–water partition coefficient (Wildman–Crippen LogP) is 2.77. The molecule has 4 heteroatoms. The van der Waals surface area contributed by atoms with Gasteiger partial charge in [-0.3, -0.25) is 21.2 Å². The quantitative estimate of drug-likeness (QED) is 0.556. The maximum absolute atomic E-state index is 5.73. The van der Waals surface area contributed by atoms with Gasteiger partial charge in [-0.2, -0.15) is 0 Å². The lowest BCUT2D eigenvalue weighted by molar-refractivity contribution is 0.517. The Morgan fingerprint density at radius 3 is 2.48 bits per heavy atom. The molecule has 4 nitrogen and oxygen atoms in total. The average molecular weight is 278 g/mol. The fourth-order valence-corrected chi connectivity index (χ4v) is 2.50. The van der Waals surface area contributed by atoms with Crippen LogP contribution >= 0.6 is 0 Å². The van der Waals surface area contributed by atoms with Gasteiger partial charge >= 0.3 is 0 Å². The number of aryl methyl sites for hydroxylation is 1. The van der Waals surface area contributed by atoms with E-state index in [-0.39, 0.29) is 6.04 Å². The molecular formula is C17H18N4. The molecule has 0 aliphatic heterocycles. The first-order valence-electron chi connectivity index (χ1n) is 7.07. The fraction of sp³-hybridized carbons (Fsp3) is 0.176. The normalized spacial score (nSPS) is 12.4. The number of nitrogens with zero attached hydrogens (tertiary/aromatic N) is 2. The van der Waals surface area contributed by atoms with Gasteiger partial charge in [-0.15, -0.1) is 0 Å². The molecule has 1 unspecified atom stereocenters. The highest BCUT2D eigenvalue weighted by Gasteiger charge is 2.11. The Bertz CT molecular complexity index is 712. The van der Waals surface area contributed by atoms with Crippen molar-refractivity contribution >= 4 is 11.0 Å². The van der Waals surface area contributed by atoms with Gasteiger partial charge in [-0.05, 0) is 36.1 Å². The molecular weight excluding hydrogens is 260 g/mol. The van der Waals surface area contributed by atoms with Crippen molar-refractivity contribution in [3.8, 4) is 0 Å². The highest BCUT2D eigenvalue weighted by atomic mass is 15.2. The van der Waals surface area contributed by atoms with E-state index in [1.807, 2.05) is 12.1 Å². The van der Waals surface area contributed by atoms with Crippen LogP contribution in [0.15, 0.2) is 60.9 Å². The smallest absolute Gasteiger partial charge is 0.0890 e. The van der Waals surface area contributed by atoms with Gasteiger partial charge in [-0.25, -0.2) is 0 Å². The summed E-state index contributed by atoms with van der Waals surface area (Å²) in [6.45, 7) is 0. The molecule has 21 heavy (non-hydrogen) atoms. The molecule has 0 radical (unpaired) electrons. The summed E-state index contributed by atoms with van der Waals surface area (Å²) in [5.74, 6) is 5.73. The zero-order valence-corrected chi connectivity index (χ0v) is 11.7.